The summed E-state index contributed by atoms with van der Waals surface area (Å²) in [6.45, 7) is 0. The third-order valence-electron chi connectivity index (χ3n) is 1.98. The van der Waals surface area contributed by atoms with Crippen molar-refractivity contribution in [1.29, 1.82) is 0 Å². The van der Waals surface area contributed by atoms with Crippen LogP contribution in [0.4, 0.5) is 11.5 Å². The zero-order valence-corrected chi connectivity index (χ0v) is 12.2. The molecule has 2 heterocycles. The van der Waals surface area contributed by atoms with Gasteiger partial charge in [0.15, 0.2) is 5.11 Å². The molecule has 0 saturated carbocycles. The maximum absolute atomic E-state index is 5.70. The first kappa shape index (κ1) is 13.2. The van der Waals surface area contributed by atoms with Crippen molar-refractivity contribution in [3.05, 3.63) is 46.3 Å². The molecule has 92 valence electrons. The third-order valence-corrected chi connectivity index (χ3v) is 3.04. The minimum absolute atomic E-state index is 0.429. The van der Waals surface area contributed by atoms with Crippen LogP contribution in [0.3, 0.4) is 0 Å². The van der Waals surface area contributed by atoms with Crippen LogP contribution in [-0.2, 0) is 0 Å². The predicted octanol–water partition coefficient (Wildman–Crippen LogP) is 3.70. The highest BCUT2D eigenvalue weighted by atomic mass is 79.9. The Morgan fingerprint density at radius 2 is 2.06 bits per heavy atom. The van der Waals surface area contributed by atoms with E-state index in [1.807, 2.05) is 12.1 Å². The fourth-order valence-electron chi connectivity index (χ4n) is 1.20. The summed E-state index contributed by atoms with van der Waals surface area (Å²) in [7, 11) is 0. The van der Waals surface area contributed by atoms with Crippen LogP contribution in [0.15, 0.2) is 41.1 Å². The van der Waals surface area contributed by atoms with E-state index in [-0.39, 0.29) is 0 Å². The second-order valence-corrected chi connectivity index (χ2v) is 4.93. The van der Waals surface area contributed by atoms with E-state index < -0.39 is 0 Å². The summed E-state index contributed by atoms with van der Waals surface area (Å²) < 4.78 is 0.836. The summed E-state index contributed by atoms with van der Waals surface area (Å²) >= 11 is 14.2. The van der Waals surface area contributed by atoms with E-state index in [0.717, 1.165) is 10.2 Å². The van der Waals surface area contributed by atoms with Gasteiger partial charge in [-0.3, -0.25) is 0 Å². The third kappa shape index (κ3) is 3.63. The number of anilines is 2. The second-order valence-electron chi connectivity index (χ2n) is 3.28. The Hall–Kier alpha value is -1.24. The average molecular weight is 344 g/mol. The highest BCUT2D eigenvalue weighted by molar-refractivity contribution is 9.10. The number of nitrogens with one attached hydrogen (secondary N) is 2. The van der Waals surface area contributed by atoms with Crippen molar-refractivity contribution in [2.45, 2.75) is 0 Å². The Balaban J connectivity index is 2.01. The van der Waals surface area contributed by atoms with Gasteiger partial charge in [0.05, 0.1) is 16.4 Å². The molecule has 4 nitrogen and oxygen atoms in total. The van der Waals surface area contributed by atoms with Gasteiger partial charge in [-0.25, -0.2) is 9.97 Å². The van der Waals surface area contributed by atoms with E-state index >= 15 is 0 Å². The molecule has 0 amide bonds. The quantitative estimate of drug-likeness (QED) is 0.643. The topological polar surface area (TPSA) is 49.8 Å². The smallest absolute Gasteiger partial charge is 0.176 e. The number of aromatic nitrogens is 2. The number of nitrogens with zero attached hydrogens (tertiary/aromatic N) is 2. The zero-order valence-electron chi connectivity index (χ0n) is 9.02. The Morgan fingerprint density at radius 1 is 1.22 bits per heavy atom. The minimum Gasteiger partial charge on any atom is -0.331 e. The lowest BCUT2D eigenvalue weighted by atomic mass is 10.4. The summed E-state index contributed by atoms with van der Waals surface area (Å²) in [5, 5.41) is 6.82. The summed E-state index contributed by atoms with van der Waals surface area (Å²) in [6.07, 6.45) is 3.28. The first-order valence-electron chi connectivity index (χ1n) is 4.95. The molecule has 0 unspecified atom stereocenters. The SMILES string of the molecule is S=C(Nc1ccc(Cl)nc1)Nc1ncccc1Br. The summed E-state index contributed by atoms with van der Waals surface area (Å²) in [5.41, 5.74) is 0.754. The van der Waals surface area contributed by atoms with Gasteiger partial charge in [0.2, 0.25) is 0 Å². The lowest BCUT2D eigenvalue weighted by Gasteiger charge is -2.10. The van der Waals surface area contributed by atoms with Crippen LogP contribution in [0.2, 0.25) is 5.15 Å². The fraction of sp³-hybridized carbons (Fsp3) is 0. The molecule has 2 aromatic heterocycles. The molecule has 0 radical (unpaired) electrons. The Kier molecular flexibility index (Phi) is 4.46. The van der Waals surface area contributed by atoms with E-state index in [4.69, 9.17) is 23.8 Å². The van der Waals surface area contributed by atoms with E-state index in [1.54, 1.807) is 24.5 Å². The highest BCUT2D eigenvalue weighted by Crippen LogP contribution is 2.18. The molecular weight excluding hydrogens is 336 g/mol. The lowest BCUT2D eigenvalue weighted by Crippen LogP contribution is -2.20. The molecule has 0 aliphatic rings. The number of hydrogen-bond donors (Lipinski definition) is 2. The van der Waals surface area contributed by atoms with Gasteiger partial charge in [-0.05, 0) is 52.4 Å². The van der Waals surface area contributed by atoms with Gasteiger partial charge >= 0.3 is 0 Å². The maximum atomic E-state index is 5.70. The van der Waals surface area contributed by atoms with Crippen LogP contribution in [0, 0.1) is 0 Å². The van der Waals surface area contributed by atoms with Crippen molar-refractivity contribution in [3.63, 3.8) is 0 Å². The molecule has 2 N–H and O–H groups in total. The first-order valence-corrected chi connectivity index (χ1v) is 6.53. The standard InChI is InChI=1S/C11H8BrClN4S/c12-8-2-1-5-14-10(8)17-11(18)16-7-3-4-9(13)15-6-7/h1-6H,(H2,14,16,17,18). The van der Waals surface area contributed by atoms with Crippen LogP contribution in [0.5, 0.6) is 0 Å². The van der Waals surface area contributed by atoms with Gasteiger partial charge in [-0.1, -0.05) is 11.6 Å². The first-order chi connectivity index (χ1) is 8.65. The summed E-state index contributed by atoms with van der Waals surface area (Å²) in [6, 6.07) is 7.18. The van der Waals surface area contributed by atoms with Crippen LogP contribution in [0.25, 0.3) is 0 Å². The molecule has 18 heavy (non-hydrogen) atoms. The molecule has 0 aliphatic heterocycles. The van der Waals surface area contributed by atoms with E-state index in [2.05, 4.69) is 36.5 Å². The van der Waals surface area contributed by atoms with Crippen molar-refractivity contribution in [2.24, 2.45) is 0 Å². The van der Waals surface area contributed by atoms with Gasteiger partial charge in [0.25, 0.3) is 0 Å². The van der Waals surface area contributed by atoms with Gasteiger partial charge in [-0.2, -0.15) is 0 Å². The van der Waals surface area contributed by atoms with Crippen LogP contribution < -0.4 is 10.6 Å². The van der Waals surface area contributed by atoms with Crippen molar-refractivity contribution in [1.82, 2.24) is 9.97 Å². The van der Waals surface area contributed by atoms with Gasteiger partial charge in [-0.15, -0.1) is 0 Å². The average Bonchev–Trinajstić information content (AvgIpc) is 2.35. The molecule has 0 atom stereocenters. The molecule has 0 aromatic carbocycles. The second kappa shape index (κ2) is 6.08. The van der Waals surface area contributed by atoms with E-state index in [0.29, 0.717) is 16.1 Å². The van der Waals surface area contributed by atoms with Crippen LogP contribution in [-0.4, -0.2) is 15.1 Å². The van der Waals surface area contributed by atoms with Crippen molar-refractivity contribution in [2.75, 3.05) is 10.6 Å². The predicted molar refractivity (Wildman–Crippen MR) is 81.0 cm³/mol. The van der Waals surface area contributed by atoms with Crippen molar-refractivity contribution >= 4 is 56.4 Å². The lowest BCUT2D eigenvalue weighted by molar-refractivity contribution is 1.30. The molecule has 0 aliphatic carbocycles. The maximum Gasteiger partial charge on any atom is 0.176 e. The number of rotatable bonds is 2. The fourth-order valence-corrected chi connectivity index (χ4v) is 1.88. The van der Waals surface area contributed by atoms with E-state index in [1.165, 1.54) is 0 Å². The molecule has 2 rings (SSSR count). The molecule has 7 heteroatoms. The van der Waals surface area contributed by atoms with Crippen molar-refractivity contribution < 1.29 is 0 Å². The Morgan fingerprint density at radius 3 is 2.72 bits per heavy atom. The molecular formula is C11H8BrClN4S. The monoisotopic (exact) mass is 342 g/mol. The summed E-state index contributed by atoms with van der Waals surface area (Å²) in [4.78, 5) is 8.10. The Labute approximate surface area is 123 Å². The van der Waals surface area contributed by atoms with Gasteiger partial charge in [0.1, 0.15) is 11.0 Å². The molecule has 2 aromatic rings. The summed E-state index contributed by atoms with van der Waals surface area (Å²) in [5.74, 6) is 0.650. The molecule has 0 spiro atoms. The molecule has 0 saturated heterocycles. The van der Waals surface area contributed by atoms with Gasteiger partial charge < -0.3 is 10.6 Å². The number of halogens is 2. The number of pyridine rings is 2. The number of hydrogen-bond acceptors (Lipinski definition) is 3. The normalized spacial score (nSPS) is 9.89. The Bertz CT molecular complexity index is 561. The van der Waals surface area contributed by atoms with Crippen molar-refractivity contribution in [3.8, 4) is 0 Å². The largest absolute Gasteiger partial charge is 0.331 e. The molecule has 0 fully saturated rings. The molecule has 0 bridgehead atoms. The zero-order chi connectivity index (χ0) is 13.0. The minimum atomic E-state index is 0.429. The van der Waals surface area contributed by atoms with Gasteiger partial charge in [0, 0.05) is 6.20 Å². The van der Waals surface area contributed by atoms with Crippen LogP contribution in [0.1, 0.15) is 0 Å². The van der Waals surface area contributed by atoms with Crippen LogP contribution >= 0.6 is 39.7 Å². The van der Waals surface area contributed by atoms with E-state index in [9.17, 15) is 0 Å². The number of thiocarbonyl (C=S) groups is 1. The highest BCUT2D eigenvalue weighted by Gasteiger charge is 2.03.